The van der Waals surface area contributed by atoms with E-state index < -0.39 is 6.04 Å². The first kappa shape index (κ1) is 27.0. The quantitative estimate of drug-likeness (QED) is 0.413. The van der Waals surface area contributed by atoms with Crippen molar-refractivity contribution in [3.05, 3.63) is 72.4 Å². The van der Waals surface area contributed by atoms with E-state index >= 15 is 0 Å². The van der Waals surface area contributed by atoms with Gasteiger partial charge in [-0.25, -0.2) is 4.99 Å². The summed E-state index contributed by atoms with van der Waals surface area (Å²) in [6.07, 6.45) is 2.01. The minimum atomic E-state index is -0.734. The van der Waals surface area contributed by atoms with Gasteiger partial charge in [-0.1, -0.05) is 18.3 Å². The minimum absolute atomic E-state index is 0.103. The number of hydrogen-bond acceptors (Lipinski definition) is 9. The van der Waals surface area contributed by atoms with Gasteiger partial charge in [-0.3, -0.25) is 14.2 Å². The summed E-state index contributed by atoms with van der Waals surface area (Å²) in [5, 5.41) is 0. The maximum atomic E-state index is 13.9. The van der Waals surface area contributed by atoms with Crippen molar-refractivity contribution in [1.29, 1.82) is 0 Å². The standard InChI is InChI=1S/C28H30N2O7S/c1-8-19(31)24-15(2)29-28-30(25(24)17-12-21(35-5)26(37-7)22(13-17)36-6)27(32)23(38-28)14-16-11-18(33-3)9-10-20(16)34-4/h9-14,25H,8H2,1-7H3/b23-14-. The van der Waals surface area contributed by atoms with Crippen molar-refractivity contribution in [2.75, 3.05) is 35.5 Å². The number of Topliss-reactive ketones (excluding diaryl/α,β-unsaturated/α-hetero) is 1. The van der Waals surface area contributed by atoms with Crippen LogP contribution in [0.1, 0.15) is 37.4 Å². The molecule has 0 fully saturated rings. The van der Waals surface area contributed by atoms with Crippen molar-refractivity contribution < 1.29 is 28.5 Å². The van der Waals surface area contributed by atoms with E-state index in [0.29, 0.717) is 60.5 Å². The highest BCUT2D eigenvalue weighted by Crippen LogP contribution is 2.42. The minimum Gasteiger partial charge on any atom is -0.497 e. The second kappa shape index (κ2) is 11.1. The van der Waals surface area contributed by atoms with Gasteiger partial charge in [0.1, 0.15) is 11.5 Å². The third-order valence-corrected chi connectivity index (χ3v) is 7.35. The number of methoxy groups -OCH3 is 5. The molecule has 200 valence electrons. The highest BCUT2D eigenvalue weighted by atomic mass is 32.1. The molecule has 2 heterocycles. The molecule has 0 radical (unpaired) electrons. The van der Waals surface area contributed by atoms with Crippen molar-refractivity contribution in [1.82, 2.24) is 4.57 Å². The van der Waals surface area contributed by atoms with E-state index in [1.165, 1.54) is 32.7 Å². The summed E-state index contributed by atoms with van der Waals surface area (Å²) in [6, 6.07) is 8.15. The zero-order valence-electron chi connectivity index (χ0n) is 22.4. The second-order valence-electron chi connectivity index (χ2n) is 8.43. The largest absolute Gasteiger partial charge is 0.497 e. The van der Waals surface area contributed by atoms with E-state index in [0.717, 1.165) is 0 Å². The number of carbonyl (C=O) groups is 1. The molecule has 0 spiro atoms. The van der Waals surface area contributed by atoms with Crippen LogP contribution >= 0.6 is 11.3 Å². The van der Waals surface area contributed by atoms with Crippen LogP contribution in [0.4, 0.5) is 0 Å². The Bertz CT molecular complexity index is 1580. The lowest BCUT2D eigenvalue weighted by atomic mass is 9.91. The molecule has 38 heavy (non-hydrogen) atoms. The van der Waals surface area contributed by atoms with Crippen molar-refractivity contribution >= 4 is 23.2 Å². The molecule has 0 amide bonds. The topological polar surface area (TPSA) is 97.6 Å². The molecule has 1 unspecified atom stereocenters. The fourth-order valence-electron chi connectivity index (χ4n) is 4.54. The Morgan fingerprint density at radius 2 is 1.63 bits per heavy atom. The molecule has 1 aliphatic heterocycles. The number of nitrogens with zero attached hydrogens (tertiary/aromatic N) is 2. The lowest BCUT2D eigenvalue weighted by molar-refractivity contribution is -0.115. The predicted molar refractivity (Wildman–Crippen MR) is 145 cm³/mol. The highest BCUT2D eigenvalue weighted by Gasteiger charge is 2.33. The van der Waals surface area contributed by atoms with Gasteiger partial charge in [0, 0.05) is 23.3 Å². The first-order valence-corrected chi connectivity index (χ1v) is 12.7. The van der Waals surface area contributed by atoms with Crippen LogP contribution in [0.5, 0.6) is 28.7 Å². The molecule has 1 aliphatic rings. The Labute approximate surface area is 224 Å². The van der Waals surface area contributed by atoms with Crippen molar-refractivity contribution in [3.63, 3.8) is 0 Å². The van der Waals surface area contributed by atoms with Crippen LogP contribution in [-0.2, 0) is 4.79 Å². The molecule has 1 aromatic heterocycles. The molecular weight excluding hydrogens is 508 g/mol. The van der Waals surface area contributed by atoms with E-state index in [1.807, 2.05) is 0 Å². The van der Waals surface area contributed by atoms with Crippen LogP contribution in [0.3, 0.4) is 0 Å². The molecule has 4 rings (SSSR count). The van der Waals surface area contributed by atoms with Gasteiger partial charge in [0.05, 0.1) is 46.1 Å². The summed E-state index contributed by atoms with van der Waals surface area (Å²) in [5.74, 6) is 2.38. The Morgan fingerprint density at radius 3 is 2.18 bits per heavy atom. The third kappa shape index (κ3) is 4.67. The number of benzene rings is 2. The third-order valence-electron chi connectivity index (χ3n) is 6.37. The highest BCUT2D eigenvalue weighted by molar-refractivity contribution is 7.07. The molecular formula is C28H30N2O7S. The first-order valence-electron chi connectivity index (χ1n) is 11.9. The van der Waals surface area contributed by atoms with E-state index in [2.05, 4.69) is 4.99 Å². The Hall–Kier alpha value is -4.05. The molecule has 0 saturated heterocycles. The number of thiazole rings is 1. The molecule has 1 atom stereocenters. The molecule has 10 heteroatoms. The average molecular weight is 539 g/mol. The Balaban J connectivity index is 2.03. The maximum Gasteiger partial charge on any atom is 0.271 e. The fourth-order valence-corrected chi connectivity index (χ4v) is 5.57. The number of fused-ring (bicyclic) bond motifs is 1. The monoisotopic (exact) mass is 538 g/mol. The maximum absolute atomic E-state index is 13.9. The van der Waals surface area contributed by atoms with Crippen LogP contribution in [0, 0.1) is 0 Å². The summed E-state index contributed by atoms with van der Waals surface area (Å²) in [4.78, 5) is 32.3. The van der Waals surface area contributed by atoms with Crippen LogP contribution in [0.15, 0.2) is 51.4 Å². The predicted octanol–water partition coefficient (Wildman–Crippen LogP) is 3.26. The van der Waals surface area contributed by atoms with Crippen molar-refractivity contribution in [3.8, 4) is 28.7 Å². The van der Waals surface area contributed by atoms with Crippen LogP contribution in [-0.4, -0.2) is 45.9 Å². The summed E-state index contributed by atoms with van der Waals surface area (Å²) in [6.45, 7) is 3.57. The SMILES string of the molecule is CCC(=O)C1=C(C)N=c2s/c(=C\c3cc(OC)ccc3OC)c(=O)n2C1c1cc(OC)c(OC)c(OC)c1. The Kier molecular flexibility index (Phi) is 7.91. The summed E-state index contributed by atoms with van der Waals surface area (Å²) < 4.78 is 29.4. The van der Waals surface area contributed by atoms with Crippen LogP contribution in [0.25, 0.3) is 6.08 Å². The van der Waals surface area contributed by atoms with Gasteiger partial charge < -0.3 is 23.7 Å². The number of ketones is 1. The van der Waals surface area contributed by atoms with Gasteiger partial charge in [-0.2, -0.15) is 0 Å². The van der Waals surface area contributed by atoms with Crippen LogP contribution < -0.4 is 38.6 Å². The van der Waals surface area contributed by atoms with Crippen LogP contribution in [0.2, 0.25) is 0 Å². The lowest BCUT2D eigenvalue weighted by Crippen LogP contribution is -2.39. The van der Waals surface area contributed by atoms with E-state index in [9.17, 15) is 9.59 Å². The van der Waals surface area contributed by atoms with Gasteiger partial charge in [-0.05, 0) is 48.9 Å². The number of carbonyl (C=O) groups excluding carboxylic acids is 1. The van der Waals surface area contributed by atoms with Crippen molar-refractivity contribution in [2.24, 2.45) is 4.99 Å². The smallest absolute Gasteiger partial charge is 0.271 e. The van der Waals surface area contributed by atoms with Gasteiger partial charge in [-0.15, -0.1) is 0 Å². The number of hydrogen-bond donors (Lipinski definition) is 0. The second-order valence-corrected chi connectivity index (χ2v) is 9.43. The van der Waals surface area contributed by atoms with E-state index in [-0.39, 0.29) is 17.8 Å². The normalized spacial score (nSPS) is 15.0. The average Bonchev–Trinajstić information content (AvgIpc) is 3.24. The van der Waals surface area contributed by atoms with Gasteiger partial charge >= 0.3 is 0 Å². The molecule has 0 N–H and O–H groups in total. The van der Waals surface area contributed by atoms with Crippen molar-refractivity contribution in [2.45, 2.75) is 26.3 Å². The Morgan fingerprint density at radius 1 is 0.974 bits per heavy atom. The number of ether oxygens (including phenoxy) is 5. The number of rotatable bonds is 9. The lowest BCUT2D eigenvalue weighted by Gasteiger charge is -2.26. The van der Waals surface area contributed by atoms with Gasteiger partial charge in [0.15, 0.2) is 22.1 Å². The van der Waals surface area contributed by atoms with Gasteiger partial charge in [0.25, 0.3) is 5.56 Å². The first-order chi connectivity index (χ1) is 18.3. The molecule has 9 nitrogen and oxygen atoms in total. The molecule has 0 aliphatic carbocycles. The zero-order valence-corrected chi connectivity index (χ0v) is 23.2. The number of aromatic nitrogens is 1. The summed E-state index contributed by atoms with van der Waals surface area (Å²) >= 11 is 1.24. The molecule has 2 aromatic carbocycles. The van der Waals surface area contributed by atoms with Gasteiger partial charge in [0.2, 0.25) is 5.75 Å². The fraction of sp³-hybridized carbons (Fsp3) is 0.321. The summed E-state index contributed by atoms with van der Waals surface area (Å²) in [7, 11) is 7.70. The summed E-state index contributed by atoms with van der Waals surface area (Å²) in [5.41, 5.74) is 2.03. The zero-order chi connectivity index (χ0) is 27.6. The molecule has 3 aromatic rings. The number of allylic oxidation sites excluding steroid dienone is 2. The van der Waals surface area contributed by atoms with E-state index in [4.69, 9.17) is 23.7 Å². The van der Waals surface area contributed by atoms with E-state index in [1.54, 1.807) is 69.0 Å². The molecule has 0 saturated carbocycles. The molecule has 0 bridgehead atoms.